The quantitative estimate of drug-likeness (QED) is 0.368. The smallest absolute Gasteiger partial charge is 0.291 e. The third kappa shape index (κ3) is 5.74. The van der Waals surface area contributed by atoms with Gasteiger partial charge in [0.2, 0.25) is 0 Å². The third-order valence-electron chi connectivity index (χ3n) is 6.29. The van der Waals surface area contributed by atoms with E-state index in [0.29, 0.717) is 35.1 Å². The Morgan fingerprint density at radius 1 is 0.946 bits per heavy atom. The monoisotopic (exact) mass is 509 g/mol. The number of rotatable bonds is 7. The summed E-state index contributed by atoms with van der Waals surface area (Å²) in [6.45, 7) is 10.1. The predicted octanol–water partition coefficient (Wildman–Crippen LogP) is 6.94. The number of anilines is 1. The molecule has 0 aliphatic heterocycles. The number of aryl methyl sites for hydroxylation is 1. The van der Waals surface area contributed by atoms with Gasteiger partial charge in [0.15, 0.2) is 11.5 Å². The second kappa shape index (κ2) is 11.4. The van der Waals surface area contributed by atoms with Crippen LogP contribution in [0, 0.1) is 6.92 Å². The van der Waals surface area contributed by atoms with Gasteiger partial charge in [-0.25, -0.2) is 0 Å². The van der Waals surface area contributed by atoms with Gasteiger partial charge in [-0.1, -0.05) is 27.7 Å². The molecule has 4 rings (SSSR count). The summed E-state index contributed by atoms with van der Waals surface area (Å²) in [6, 6.07) is 10.1. The molecular weight excluding hydrogens is 474 g/mol. The largest absolute Gasteiger partial charge is 0.496 e. The summed E-state index contributed by atoms with van der Waals surface area (Å²) in [6.07, 6.45) is 1.32. The van der Waals surface area contributed by atoms with Gasteiger partial charge >= 0.3 is 0 Å². The van der Waals surface area contributed by atoms with Crippen molar-refractivity contribution in [3.63, 3.8) is 0 Å². The van der Waals surface area contributed by atoms with Crippen molar-refractivity contribution in [3.8, 4) is 28.9 Å². The second-order valence-corrected chi connectivity index (χ2v) is 9.05. The van der Waals surface area contributed by atoms with Gasteiger partial charge in [0.1, 0.15) is 28.7 Å². The maximum atomic E-state index is 12.9. The van der Waals surface area contributed by atoms with Crippen LogP contribution >= 0.6 is 0 Å². The Kier molecular flexibility index (Phi) is 8.53. The summed E-state index contributed by atoms with van der Waals surface area (Å²) in [7, 11) is 4.50. The van der Waals surface area contributed by atoms with Gasteiger partial charge in [0, 0.05) is 30.2 Å². The topological polar surface area (TPSA) is 96.2 Å². The number of fused-ring (bicyclic) bond motifs is 1. The number of amides is 1. The molecule has 0 spiro atoms. The Morgan fingerprint density at radius 3 is 2.19 bits per heavy atom. The summed E-state index contributed by atoms with van der Waals surface area (Å²) in [5.74, 6) is 1.70. The number of Topliss-reactive ketones (excluding diaryl/α,β-unsaturated/α-hetero) is 1. The lowest BCUT2D eigenvalue weighted by atomic mass is 9.72. The third-order valence-corrected chi connectivity index (χ3v) is 6.29. The van der Waals surface area contributed by atoms with Crippen LogP contribution < -0.4 is 24.3 Å². The summed E-state index contributed by atoms with van der Waals surface area (Å²) in [4.78, 5) is 25.3. The van der Waals surface area contributed by atoms with Crippen molar-refractivity contribution in [1.29, 1.82) is 0 Å². The van der Waals surface area contributed by atoms with E-state index in [1.807, 2.05) is 32.9 Å². The molecule has 0 fully saturated rings. The number of ether oxygens (including phenoxy) is 4. The molecule has 1 N–H and O–H groups in total. The van der Waals surface area contributed by atoms with Crippen molar-refractivity contribution in [2.75, 3.05) is 26.6 Å². The second-order valence-electron chi connectivity index (χ2n) is 9.05. The first-order chi connectivity index (χ1) is 17.7. The highest BCUT2D eigenvalue weighted by Gasteiger charge is 2.32. The molecule has 0 bridgehead atoms. The first-order valence-corrected chi connectivity index (χ1v) is 12.2. The van der Waals surface area contributed by atoms with Crippen molar-refractivity contribution in [2.45, 2.75) is 52.9 Å². The minimum atomic E-state index is -0.504. The zero-order valence-electron chi connectivity index (χ0n) is 22.7. The van der Waals surface area contributed by atoms with Gasteiger partial charge in [-0.15, -0.1) is 0 Å². The summed E-state index contributed by atoms with van der Waals surface area (Å²) in [5.41, 5.74) is 2.72. The van der Waals surface area contributed by atoms with Gasteiger partial charge in [0.25, 0.3) is 11.9 Å². The molecule has 198 valence electrons. The van der Waals surface area contributed by atoms with E-state index in [1.165, 1.54) is 27.4 Å². The Bertz CT molecular complexity index is 1260. The standard InChI is InChI=1S/C27H29NO7.C2H6/c1-15-11-17-18(27(2,3)10-9-19(17)29)14-21(15)35-24-8-7-20(34-24)26(30)28-25-22(32-5)12-16(31-4)13-23(25)33-6;1-2/h7-8,11-14H,9-10H2,1-6H3,(H,28,30);1-2H3. The van der Waals surface area contributed by atoms with Crippen LogP contribution in [0.15, 0.2) is 40.8 Å². The summed E-state index contributed by atoms with van der Waals surface area (Å²) >= 11 is 0. The molecule has 37 heavy (non-hydrogen) atoms. The zero-order chi connectivity index (χ0) is 27.3. The van der Waals surface area contributed by atoms with E-state index in [9.17, 15) is 9.59 Å². The molecule has 0 saturated heterocycles. The normalized spacial score (nSPS) is 13.6. The first-order valence-electron chi connectivity index (χ1n) is 12.2. The number of ketones is 1. The molecule has 0 atom stereocenters. The molecule has 8 heteroatoms. The Morgan fingerprint density at radius 2 is 1.59 bits per heavy atom. The molecule has 0 saturated carbocycles. The molecule has 3 aromatic rings. The SMILES string of the molecule is CC.COc1cc(OC)c(NC(=O)c2ccc(Oc3cc4c(cc3C)C(=O)CCC4(C)C)o2)c(OC)c1. The first kappa shape index (κ1) is 27.6. The Labute approximate surface area is 217 Å². The summed E-state index contributed by atoms with van der Waals surface area (Å²) in [5, 5.41) is 2.76. The molecule has 8 nitrogen and oxygen atoms in total. The number of hydrogen-bond donors (Lipinski definition) is 1. The molecule has 2 aromatic carbocycles. The lowest BCUT2D eigenvalue weighted by molar-refractivity contribution is 0.0954. The van der Waals surface area contributed by atoms with Crippen molar-refractivity contribution >= 4 is 17.4 Å². The van der Waals surface area contributed by atoms with Crippen LogP contribution in [0.3, 0.4) is 0 Å². The van der Waals surface area contributed by atoms with E-state index in [0.717, 1.165) is 23.1 Å². The molecule has 1 aromatic heterocycles. The maximum absolute atomic E-state index is 12.9. The van der Waals surface area contributed by atoms with Gasteiger partial charge in [-0.2, -0.15) is 0 Å². The average Bonchev–Trinajstić information content (AvgIpc) is 3.37. The number of furan rings is 1. The van der Waals surface area contributed by atoms with Crippen molar-refractivity contribution < 1.29 is 33.0 Å². The van der Waals surface area contributed by atoms with Crippen LogP contribution in [0.5, 0.6) is 28.9 Å². The van der Waals surface area contributed by atoms with Gasteiger partial charge in [0.05, 0.1) is 21.3 Å². The lowest BCUT2D eigenvalue weighted by Gasteiger charge is -2.32. The van der Waals surface area contributed by atoms with E-state index in [2.05, 4.69) is 19.2 Å². The average molecular weight is 510 g/mol. The van der Waals surface area contributed by atoms with Crippen LogP contribution in [0.1, 0.15) is 72.6 Å². The lowest BCUT2D eigenvalue weighted by Crippen LogP contribution is -2.27. The van der Waals surface area contributed by atoms with Crippen molar-refractivity contribution in [3.05, 3.63) is 58.8 Å². The summed E-state index contributed by atoms with van der Waals surface area (Å²) < 4.78 is 27.7. The zero-order valence-corrected chi connectivity index (χ0v) is 22.7. The van der Waals surface area contributed by atoms with Crippen molar-refractivity contribution in [2.24, 2.45) is 0 Å². The number of methoxy groups -OCH3 is 3. The van der Waals surface area contributed by atoms with Crippen LogP contribution in [0.4, 0.5) is 5.69 Å². The predicted molar refractivity (Wildman–Crippen MR) is 142 cm³/mol. The van der Waals surface area contributed by atoms with E-state index in [4.69, 9.17) is 23.4 Å². The molecule has 0 radical (unpaired) electrons. The fourth-order valence-corrected chi connectivity index (χ4v) is 4.19. The van der Waals surface area contributed by atoms with Crippen LogP contribution in [-0.4, -0.2) is 33.0 Å². The van der Waals surface area contributed by atoms with Gasteiger partial charge in [-0.05, 0) is 48.1 Å². The minimum Gasteiger partial charge on any atom is -0.496 e. The Hall–Kier alpha value is -3.94. The minimum absolute atomic E-state index is 0.0473. The van der Waals surface area contributed by atoms with Crippen LogP contribution in [-0.2, 0) is 5.41 Å². The van der Waals surface area contributed by atoms with E-state index >= 15 is 0 Å². The van der Waals surface area contributed by atoms with Crippen LogP contribution in [0.25, 0.3) is 0 Å². The fourth-order valence-electron chi connectivity index (χ4n) is 4.19. The number of hydrogen-bond acceptors (Lipinski definition) is 7. The number of carbonyl (C=O) groups excluding carboxylic acids is 2. The number of benzene rings is 2. The molecule has 1 aliphatic rings. The van der Waals surface area contributed by atoms with E-state index in [1.54, 1.807) is 18.2 Å². The molecule has 1 heterocycles. The maximum Gasteiger partial charge on any atom is 0.291 e. The molecular formula is C29H35NO7. The van der Waals surface area contributed by atoms with E-state index in [-0.39, 0.29) is 22.9 Å². The fraction of sp³-hybridized carbons (Fsp3) is 0.379. The van der Waals surface area contributed by atoms with E-state index < -0.39 is 5.91 Å². The highest BCUT2D eigenvalue weighted by Crippen LogP contribution is 2.41. The molecule has 0 unspecified atom stereocenters. The van der Waals surface area contributed by atoms with Gasteiger partial charge in [-0.3, -0.25) is 9.59 Å². The molecule has 1 aliphatic carbocycles. The molecule has 1 amide bonds. The van der Waals surface area contributed by atoms with Crippen molar-refractivity contribution in [1.82, 2.24) is 0 Å². The van der Waals surface area contributed by atoms with Crippen LogP contribution in [0.2, 0.25) is 0 Å². The highest BCUT2D eigenvalue weighted by atomic mass is 16.6. The number of nitrogens with one attached hydrogen (secondary N) is 1. The highest BCUT2D eigenvalue weighted by molar-refractivity contribution is 6.04. The van der Waals surface area contributed by atoms with Gasteiger partial charge < -0.3 is 28.7 Å². The number of carbonyl (C=O) groups is 2. The Balaban J connectivity index is 0.00000186.